The van der Waals surface area contributed by atoms with Crippen LogP contribution < -0.4 is 16.4 Å². The van der Waals surface area contributed by atoms with Gasteiger partial charge in [0.15, 0.2) is 0 Å². The predicted octanol–water partition coefficient (Wildman–Crippen LogP) is 5.29. The summed E-state index contributed by atoms with van der Waals surface area (Å²) in [5.74, 6) is -2.66. The van der Waals surface area contributed by atoms with Crippen molar-refractivity contribution in [3.63, 3.8) is 0 Å². The highest BCUT2D eigenvalue weighted by Crippen LogP contribution is 2.31. The standard InChI is InChI=1S/C26H24F3N5O.C2HF3O2/c27-26(28,29)21-10-12-22(13-11-21)34-24(30)23(17-33-34)19-6-8-20(9-7-19)25(35)32-15-14-31-16-18-4-2-1-3-5-18;3-2(4,5)1(6)7/h1-13,17,31H,14-16,30H2,(H,32,35);(H,6,7). The van der Waals surface area contributed by atoms with Gasteiger partial charge in [0.2, 0.25) is 0 Å². The number of nitrogens with one attached hydrogen (secondary N) is 2. The van der Waals surface area contributed by atoms with E-state index in [9.17, 15) is 31.1 Å². The lowest BCUT2D eigenvalue weighted by Crippen LogP contribution is -2.31. The van der Waals surface area contributed by atoms with Crippen LogP contribution in [0, 0.1) is 0 Å². The van der Waals surface area contributed by atoms with Crippen molar-refractivity contribution in [2.45, 2.75) is 18.9 Å². The average molecular weight is 594 g/mol. The number of hydrogen-bond acceptors (Lipinski definition) is 5. The molecule has 0 aliphatic carbocycles. The lowest BCUT2D eigenvalue weighted by atomic mass is 10.1. The number of benzene rings is 3. The monoisotopic (exact) mass is 593 g/mol. The molecule has 0 bridgehead atoms. The second kappa shape index (κ2) is 13.7. The topological polar surface area (TPSA) is 122 Å². The Balaban J connectivity index is 0.000000616. The molecular formula is C28H25F6N5O3. The summed E-state index contributed by atoms with van der Waals surface area (Å²) in [6.45, 7) is 1.85. The summed E-state index contributed by atoms with van der Waals surface area (Å²) in [6.07, 6.45) is -7.95. The third-order valence-corrected chi connectivity index (χ3v) is 5.71. The second-order valence-corrected chi connectivity index (χ2v) is 8.70. The van der Waals surface area contributed by atoms with Crippen LogP contribution in [0.1, 0.15) is 21.5 Å². The van der Waals surface area contributed by atoms with Crippen LogP contribution in [-0.4, -0.2) is 46.0 Å². The lowest BCUT2D eigenvalue weighted by Gasteiger charge is -2.09. The number of amides is 1. The molecule has 0 atom stereocenters. The molecule has 3 aromatic carbocycles. The molecule has 0 aliphatic rings. The Morgan fingerprint density at radius 1 is 0.857 bits per heavy atom. The number of aromatic nitrogens is 2. The molecule has 42 heavy (non-hydrogen) atoms. The van der Waals surface area contributed by atoms with Crippen molar-refractivity contribution in [1.82, 2.24) is 20.4 Å². The van der Waals surface area contributed by atoms with Gasteiger partial charge >= 0.3 is 18.3 Å². The number of carboxylic acid groups (broad SMARTS) is 1. The number of carbonyl (C=O) groups is 2. The summed E-state index contributed by atoms with van der Waals surface area (Å²) >= 11 is 0. The zero-order valence-electron chi connectivity index (χ0n) is 21.7. The summed E-state index contributed by atoms with van der Waals surface area (Å²) in [6, 6.07) is 21.5. The quantitative estimate of drug-likeness (QED) is 0.163. The fourth-order valence-corrected chi connectivity index (χ4v) is 3.57. The van der Waals surface area contributed by atoms with Crippen molar-refractivity contribution < 1.29 is 41.0 Å². The number of anilines is 1. The minimum atomic E-state index is -5.08. The summed E-state index contributed by atoms with van der Waals surface area (Å²) < 4.78 is 71.5. The highest BCUT2D eigenvalue weighted by Gasteiger charge is 2.38. The SMILES string of the molecule is Nc1c(-c2ccc(C(=O)NCCNCc3ccccc3)cc2)cnn1-c1ccc(C(F)(F)F)cc1.O=C(O)C(F)(F)F. The van der Waals surface area contributed by atoms with Crippen LogP contribution in [0.5, 0.6) is 0 Å². The Labute approximate surface area is 235 Å². The number of hydrogen-bond donors (Lipinski definition) is 4. The van der Waals surface area contributed by atoms with Crippen molar-refractivity contribution in [3.05, 3.63) is 102 Å². The summed E-state index contributed by atoms with van der Waals surface area (Å²) in [5.41, 5.74) is 8.92. The molecule has 0 unspecified atom stereocenters. The van der Waals surface area contributed by atoms with Crippen molar-refractivity contribution in [2.75, 3.05) is 18.8 Å². The highest BCUT2D eigenvalue weighted by atomic mass is 19.4. The van der Waals surface area contributed by atoms with Crippen molar-refractivity contribution in [3.8, 4) is 16.8 Å². The molecule has 0 aliphatic heterocycles. The summed E-state index contributed by atoms with van der Waals surface area (Å²) in [4.78, 5) is 21.3. The maximum absolute atomic E-state index is 12.8. The van der Waals surface area contributed by atoms with E-state index in [0.29, 0.717) is 29.9 Å². The first-order chi connectivity index (χ1) is 19.8. The number of carboxylic acids is 1. The molecule has 0 saturated carbocycles. The summed E-state index contributed by atoms with van der Waals surface area (Å²) in [5, 5.41) is 17.5. The second-order valence-electron chi connectivity index (χ2n) is 8.70. The Kier molecular flexibility index (Phi) is 10.3. The van der Waals surface area contributed by atoms with Gasteiger partial charge in [0.05, 0.1) is 17.4 Å². The van der Waals surface area contributed by atoms with E-state index in [-0.39, 0.29) is 11.7 Å². The fraction of sp³-hybridized carbons (Fsp3) is 0.179. The molecule has 1 amide bonds. The van der Waals surface area contributed by atoms with E-state index in [1.54, 1.807) is 30.5 Å². The Hall–Kier alpha value is -4.85. The zero-order valence-corrected chi connectivity index (χ0v) is 21.7. The van der Waals surface area contributed by atoms with Gasteiger partial charge in [-0.05, 0) is 47.5 Å². The van der Waals surface area contributed by atoms with E-state index in [1.165, 1.54) is 22.4 Å². The van der Waals surface area contributed by atoms with Gasteiger partial charge in [0.25, 0.3) is 5.91 Å². The van der Waals surface area contributed by atoms with E-state index in [0.717, 1.165) is 24.2 Å². The van der Waals surface area contributed by atoms with Crippen LogP contribution in [0.25, 0.3) is 16.8 Å². The van der Waals surface area contributed by atoms with Crippen LogP contribution in [0.4, 0.5) is 32.2 Å². The summed E-state index contributed by atoms with van der Waals surface area (Å²) in [7, 11) is 0. The van der Waals surface area contributed by atoms with E-state index in [1.807, 2.05) is 30.3 Å². The molecule has 5 N–H and O–H groups in total. The first kappa shape index (κ1) is 31.7. The highest BCUT2D eigenvalue weighted by molar-refractivity contribution is 5.94. The first-order valence-electron chi connectivity index (χ1n) is 12.2. The van der Waals surface area contributed by atoms with Crippen molar-refractivity contribution in [1.29, 1.82) is 0 Å². The molecule has 222 valence electrons. The van der Waals surface area contributed by atoms with E-state index in [2.05, 4.69) is 15.7 Å². The van der Waals surface area contributed by atoms with Gasteiger partial charge in [-0.15, -0.1) is 0 Å². The van der Waals surface area contributed by atoms with Gasteiger partial charge < -0.3 is 21.5 Å². The Bertz CT molecular complexity index is 1470. The van der Waals surface area contributed by atoms with Crippen LogP contribution in [0.2, 0.25) is 0 Å². The van der Waals surface area contributed by atoms with Gasteiger partial charge in [-0.2, -0.15) is 31.4 Å². The number of alkyl halides is 6. The van der Waals surface area contributed by atoms with Crippen molar-refractivity contribution >= 4 is 17.7 Å². The van der Waals surface area contributed by atoms with Crippen LogP contribution in [-0.2, 0) is 17.5 Å². The number of nitrogen functional groups attached to an aromatic ring is 1. The molecule has 4 rings (SSSR count). The van der Waals surface area contributed by atoms with Crippen LogP contribution in [0.3, 0.4) is 0 Å². The first-order valence-corrected chi connectivity index (χ1v) is 12.2. The average Bonchev–Trinajstić information content (AvgIpc) is 3.34. The fourth-order valence-electron chi connectivity index (χ4n) is 3.57. The van der Waals surface area contributed by atoms with Crippen molar-refractivity contribution in [2.24, 2.45) is 0 Å². The molecule has 0 fully saturated rings. The largest absolute Gasteiger partial charge is 0.490 e. The molecular weight excluding hydrogens is 568 g/mol. The predicted molar refractivity (Wildman–Crippen MR) is 143 cm³/mol. The molecule has 0 spiro atoms. The number of aliphatic carboxylic acids is 1. The number of nitrogens with zero attached hydrogens (tertiary/aromatic N) is 2. The molecule has 8 nitrogen and oxygen atoms in total. The number of carbonyl (C=O) groups excluding carboxylic acids is 1. The van der Waals surface area contributed by atoms with Gasteiger partial charge in [-0.25, -0.2) is 9.48 Å². The van der Waals surface area contributed by atoms with Gasteiger partial charge in [-0.1, -0.05) is 42.5 Å². The number of halogens is 6. The van der Waals surface area contributed by atoms with E-state index in [4.69, 9.17) is 15.6 Å². The number of rotatable bonds is 8. The zero-order chi connectivity index (χ0) is 30.9. The molecule has 0 saturated heterocycles. The van der Waals surface area contributed by atoms with Gasteiger partial charge in [-0.3, -0.25) is 4.79 Å². The lowest BCUT2D eigenvalue weighted by molar-refractivity contribution is -0.192. The maximum atomic E-state index is 12.8. The Morgan fingerprint density at radius 2 is 1.45 bits per heavy atom. The molecule has 0 radical (unpaired) electrons. The van der Waals surface area contributed by atoms with Crippen LogP contribution in [0.15, 0.2) is 85.1 Å². The Morgan fingerprint density at radius 3 is 2.00 bits per heavy atom. The maximum Gasteiger partial charge on any atom is 0.490 e. The minimum absolute atomic E-state index is 0.188. The molecule has 14 heteroatoms. The van der Waals surface area contributed by atoms with Gasteiger partial charge in [0.1, 0.15) is 5.82 Å². The smallest absolute Gasteiger partial charge is 0.475 e. The van der Waals surface area contributed by atoms with Crippen LogP contribution >= 0.6 is 0 Å². The third kappa shape index (κ3) is 8.83. The van der Waals surface area contributed by atoms with Gasteiger partial charge in [0, 0.05) is 30.8 Å². The third-order valence-electron chi connectivity index (χ3n) is 5.71. The molecule has 1 aromatic heterocycles. The molecule has 4 aromatic rings. The van der Waals surface area contributed by atoms with E-state index >= 15 is 0 Å². The molecule has 1 heterocycles. The number of nitrogens with two attached hydrogens (primary N) is 1. The normalized spacial score (nSPS) is 11.4. The van der Waals surface area contributed by atoms with E-state index < -0.39 is 23.9 Å². The minimum Gasteiger partial charge on any atom is -0.475 e.